The van der Waals surface area contributed by atoms with Gasteiger partial charge in [-0.2, -0.15) is 5.10 Å². The third-order valence-corrected chi connectivity index (χ3v) is 3.10. The van der Waals surface area contributed by atoms with Gasteiger partial charge in [0.05, 0.1) is 11.1 Å². The maximum Gasteiger partial charge on any atom is 0.288 e. The van der Waals surface area contributed by atoms with Crippen molar-refractivity contribution < 1.29 is 9.72 Å². The van der Waals surface area contributed by atoms with E-state index in [1.54, 1.807) is 12.1 Å². The lowest BCUT2D eigenvalue weighted by atomic mass is 10.2. The number of benzene rings is 2. The van der Waals surface area contributed by atoms with Crippen LogP contribution in [0.15, 0.2) is 59.7 Å². The first-order valence-electron chi connectivity index (χ1n) is 6.56. The Morgan fingerprint density at radius 1 is 1.17 bits per heavy atom. The van der Waals surface area contributed by atoms with Gasteiger partial charge in [0.25, 0.3) is 11.6 Å². The molecule has 0 radical (unpaired) electrons. The monoisotopic (exact) mass is 329 g/mol. The molecule has 0 unspecified atom stereocenters. The van der Waals surface area contributed by atoms with Crippen LogP contribution < -0.4 is 5.43 Å². The Labute approximate surface area is 137 Å². The number of nitrogens with one attached hydrogen (secondary N) is 1. The summed E-state index contributed by atoms with van der Waals surface area (Å²) in [6.07, 6.45) is 4.30. The zero-order chi connectivity index (χ0) is 16.7. The Bertz CT molecular complexity index is 773. The van der Waals surface area contributed by atoms with Crippen LogP contribution in [0.3, 0.4) is 0 Å². The topological polar surface area (TPSA) is 84.6 Å². The van der Waals surface area contributed by atoms with Gasteiger partial charge in [-0.05, 0) is 17.7 Å². The number of nitro groups is 1. The second-order valence-electron chi connectivity index (χ2n) is 4.45. The molecule has 7 heteroatoms. The van der Waals surface area contributed by atoms with Crippen LogP contribution in [-0.2, 0) is 4.79 Å². The number of carbonyl (C=O) groups is 1. The number of nitro benzene ring substituents is 1. The minimum absolute atomic E-state index is 0.0435. The molecule has 0 aliphatic carbocycles. The summed E-state index contributed by atoms with van der Waals surface area (Å²) in [4.78, 5) is 21.8. The molecule has 6 nitrogen and oxygen atoms in total. The minimum Gasteiger partial charge on any atom is -0.268 e. The van der Waals surface area contributed by atoms with E-state index >= 15 is 0 Å². The van der Waals surface area contributed by atoms with Crippen molar-refractivity contribution >= 4 is 35.5 Å². The summed E-state index contributed by atoms with van der Waals surface area (Å²) in [5.41, 5.74) is 3.43. The molecule has 0 bridgehead atoms. The molecule has 0 atom stereocenters. The fraction of sp³-hybridized carbons (Fsp3) is 0. The number of hydrazone groups is 1. The Balaban J connectivity index is 1.96. The van der Waals surface area contributed by atoms with E-state index in [-0.39, 0.29) is 10.7 Å². The highest BCUT2D eigenvalue weighted by Gasteiger charge is 2.11. The lowest BCUT2D eigenvalue weighted by molar-refractivity contribution is -0.384. The van der Waals surface area contributed by atoms with Crippen molar-refractivity contribution in [3.63, 3.8) is 0 Å². The summed E-state index contributed by atoms with van der Waals surface area (Å²) in [7, 11) is 0. The summed E-state index contributed by atoms with van der Waals surface area (Å²) >= 11 is 5.71. The molecule has 1 amide bonds. The molecule has 0 spiro atoms. The maximum absolute atomic E-state index is 11.6. The Morgan fingerprint density at radius 2 is 1.91 bits per heavy atom. The van der Waals surface area contributed by atoms with Gasteiger partial charge in [-0.15, -0.1) is 0 Å². The number of carbonyl (C=O) groups excluding carboxylic acids is 1. The van der Waals surface area contributed by atoms with Crippen LogP contribution >= 0.6 is 11.6 Å². The van der Waals surface area contributed by atoms with Gasteiger partial charge in [0.2, 0.25) is 0 Å². The van der Waals surface area contributed by atoms with Gasteiger partial charge in [-0.3, -0.25) is 14.9 Å². The summed E-state index contributed by atoms with van der Waals surface area (Å²) in [6.45, 7) is 0. The molecule has 116 valence electrons. The van der Waals surface area contributed by atoms with Gasteiger partial charge < -0.3 is 0 Å². The van der Waals surface area contributed by atoms with Crippen molar-refractivity contribution in [1.82, 2.24) is 5.43 Å². The minimum atomic E-state index is -0.582. The number of nitrogens with zero attached hydrogens (tertiary/aromatic N) is 2. The van der Waals surface area contributed by atoms with Crippen molar-refractivity contribution in [2.24, 2.45) is 5.10 Å². The molecule has 0 aliphatic heterocycles. The predicted octanol–water partition coefficient (Wildman–Crippen LogP) is 3.41. The zero-order valence-electron chi connectivity index (χ0n) is 11.8. The summed E-state index contributed by atoms with van der Waals surface area (Å²) in [6, 6.07) is 13.6. The van der Waals surface area contributed by atoms with Gasteiger partial charge in [0.1, 0.15) is 5.02 Å². The highest BCUT2D eigenvalue weighted by atomic mass is 35.5. The van der Waals surface area contributed by atoms with E-state index in [9.17, 15) is 14.9 Å². The van der Waals surface area contributed by atoms with Crippen LogP contribution in [0.2, 0.25) is 5.02 Å². The predicted molar refractivity (Wildman–Crippen MR) is 89.3 cm³/mol. The third kappa shape index (κ3) is 5.05. The number of hydrogen-bond acceptors (Lipinski definition) is 4. The van der Waals surface area contributed by atoms with Crippen molar-refractivity contribution in [3.05, 3.63) is 80.9 Å². The summed E-state index contributed by atoms with van der Waals surface area (Å²) in [5, 5.41) is 14.6. The molecule has 2 aromatic carbocycles. The molecule has 23 heavy (non-hydrogen) atoms. The number of halogens is 1. The fourth-order valence-corrected chi connectivity index (χ4v) is 1.88. The van der Waals surface area contributed by atoms with Crippen LogP contribution in [0.5, 0.6) is 0 Å². The quantitative estimate of drug-likeness (QED) is 0.395. The van der Waals surface area contributed by atoms with Crippen LogP contribution in [0.1, 0.15) is 11.1 Å². The average molecular weight is 330 g/mol. The van der Waals surface area contributed by atoms with Gasteiger partial charge in [0.15, 0.2) is 0 Å². The lowest BCUT2D eigenvalue weighted by Crippen LogP contribution is -2.14. The van der Waals surface area contributed by atoms with E-state index in [1.165, 1.54) is 24.4 Å². The second-order valence-corrected chi connectivity index (χ2v) is 4.85. The maximum atomic E-state index is 11.6. The molecule has 0 fully saturated rings. The molecule has 0 aliphatic rings. The number of rotatable bonds is 5. The third-order valence-electron chi connectivity index (χ3n) is 2.78. The van der Waals surface area contributed by atoms with Gasteiger partial charge >= 0.3 is 0 Å². The molecule has 0 saturated heterocycles. The highest BCUT2D eigenvalue weighted by Crippen LogP contribution is 2.24. The SMILES string of the molecule is O=C(/C=C/c1ccccc1)NN=Cc1ccc(Cl)c([N+](=O)[O-])c1. The van der Waals surface area contributed by atoms with E-state index < -0.39 is 10.8 Å². The molecule has 2 rings (SSSR count). The van der Waals surface area contributed by atoms with Gasteiger partial charge in [0, 0.05) is 17.7 Å². The first-order valence-corrected chi connectivity index (χ1v) is 6.94. The van der Waals surface area contributed by atoms with Crippen LogP contribution in [-0.4, -0.2) is 17.0 Å². The molecule has 0 heterocycles. The highest BCUT2D eigenvalue weighted by molar-refractivity contribution is 6.32. The molecule has 0 aromatic heterocycles. The summed E-state index contributed by atoms with van der Waals surface area (Å²) in [5.74, 6) is -0.409. The molecular formula is C16H12ClN3O3. The zero-order valence-corrected chi connectivity index (χ0v) is 12.6. The molecular weight excluding hydrogens is 318 g/mol. The Morgan fingerprint density at radius 3 is 2.61 bits per heavy atom. The van der Waals surface area contributed by atoms with E-state index in [2.05, 4.69) is 10.5 Å². The standard InChI is InChI=1S/C16H12ClN3O3/c17-14-8-6-13(10-15(14)20(22)23)11-18-19-16(21)9-7-12-4-2-1-3-5-12/h1-11H,(H,19,21)/b9-7+,18-11?. The van der Waals surface area contributed by atoms with E-state index in [1.807, 2.05) is 30.3 Å². The summed E-state index contributed by atoms with van der Waals surface area (Å²) < 4.78 is 0. The lowest BCUT2D eigenvalue weighted by Gasteiger charge is -1.97. The Hall–Kier alpha value is -2.99. The smallest absolute Gasteiger partial charge is 0.268 e. The Kier molecular flexibility index (Phi) is 5.60. The van der Waals surface area contributed by atoms with E-state index in [0.29, 0.717) is 5.56 Å². The van der Waals surface area contributed by atoms with Crippen LogP contribution in [0.25, 0.3) is 6.08 Å². The first kappa shape index (κ1) is 16.4. The van der Waals surface area contributed by atoms with Crippen LogP contribution in [0.4, 0.5) is 5.69 Å². The van der Waals surface area contributed by atoms with Gasteiger partial charge in [-0.1, -0.05) is 48.0 Å². The number of amides is 1. The number of hydrogen-bond donors (Lipinski definition) is 1. The van der Waals surface area contributed by atoms with Crippen molar-refractivity contribution in [1.29, 1.82) is 0 Å². The molecule has 2 aromatic rings. The van der Waals surface area contributed by atoms with Crippen molar-refractivity contribution in [2.75, 3.05) is 0 Å². The van der Waals surface area contributed by atoms with E-state index in [0.717, 1.165) is 5.56 Å². The fourth-order valence-electron chi connectivity index (χ4n) is 1.69. The van der Waals surface area contributed by atoms with Gasteiger partial charge in [-0.25, -0.2) is 5.43 Å². The largest absolute Gasteiger partial charge is 0.288 e. The molecule has 1 N–H and O–H groups in total. The van der Waals surface area contributed by atoms with Crippen molar-refractivity contribution in [2.45, 2.75) is 0 Å². The average Bonchev–Trinajstić information content (AvgIpc) is 2.55. The molecule has 0 saturated carbocycles. The van der Waals surface area contributed by atoms with Crippen LogP contribution in [0, 0.1) is 10.1 Å². The van der Waals surface area contributed by atoms with E-state index in [4.69, 9.17) is 11.6 Å². The normalized spacial score (nSPS) is 11.0. The first-order chi connectivity index (χ1) is 11.1. The van der Waals surface area contributed by atoms with Crippen molar-refractivity contribution in [3.8, 4) is 0 Å². The second kappa shape index (κ2) is 7.86.